The minimum atomic E-state index is -0.447. The summed E-state index contributed by atoms with van der Waals surface area (Å²) < 4.78 is 0. The van der Waals surface area contributed by atoms with Gasteiger partial charge in [0.1, 0.15) is 0 Å². The molecule has 0 atom stereocenters. The van der Waals surface area contributed by atoms with Crippen LogP contribution in [0.3, 0.4) is 0 Å². The Morgan fingerprint density at radius 1 is 1.00 bits per heavy atom. The summed E-state index contributed by atoms with van der Waals surface area (Å²) in [6, 6.07) is 17.0. The first-order valence-electron chi connectivity index (χ1n) is 5.37. The van der Waals surface area contributed by atoms with Crippen LogP contribution in [0.1, 0.15) is 15.9 Å². The maximum Gasteiger partial charge on any atom is 0.250 e. The minimum Gasteiger partial charge on any atom is -0.366 e. The van der Waals surface area contributed by atoms with Gasteiger partial charge in [-0.3, -0.25) is 10.1 Å². The molecule has 2 aromatic rings. The summed E-state index contributed by atoms with van der Waals surface area (Å²) in [5.74, 6) is -0.447. The third-order valence-electron chi connectivity index (χ3n) is 2.44. The van der Waals surface area contributed by atoms with Crippen molar-refractivity contribution >= 4 is 11.6 Å². The molecule has 0 fully saturated rings. The van der Waals surface area contributed by atoms with E-state index in [1.165, 1.54) is 0 Å². The smallest absolute Gasteiger partial charge is 0.250 e. The molecular weight excluding hydrogens is 212 g/mol. The van der Waals surface area contributed by atoms with E-state index in [-0.39, 0.29) is 0 Å². The Balaban J connectivity index is 2.12. The molecule has 3 heteroatoms. The Morgan fingerprint density at radius 3 is 2.35 bits per heavy atom. The minimum absolute atomic E-state index is 0.447. The molecule has 0 bridgehead atoms. The van der Waals surface area contributed by atoms with Crippen LogP contribution in [0.2, 0.25) is 0 Å². The second kappa shape index (κ2) is 5.16. The molecule has 0 saturated heterocycles. The molecule has 2 aromatic carbocycles. The second-order valence-electron chi connectivity index (χ2n) is 3.68. The predicted octanol–water partition coefficient (Wildman–Crippen LogP) is 2.22. The van der Waals surface area contributed by atoms with Crippen LogP contribution in [-0.4, -0.2) is 5.91 Å². The molecule has 0 aliphatic carbocycles. The Kier molecular flexibility index (Phi) is 3.40. The van der Waals surface area contributed by atoms with Gasteiger partial charge in [0.05, 0.1) is 17.8 Å². The topological polar surface area (TPSA) is 57.2 Å². The second-order valence-corrected chi connectivity index (χ2v) is 3.68. The normalized spacial score (nSPS) is 9.88. The van der Waals surface area contributed by atoms with Crippen LogP contribution in [-0.2, 0) is 6.54 Å². The fourth-order valence-corrected chi connectivity index (χ4v) is 1.58. The van der Waals surface area contributed by atoms with E-state index in [9.17, 15) is 4.79 Å². The van der Waals surface area contributed by atoms with Crippen LogP contribution in [0.25, 0.3) is 0 Å². The Morgan fingerprint density at radius 2 is 1.65 bits per heavy atom. The average molecular weight is 225 g/mol. The van der Waals surface area contributed by atoms with Crippen molar-refractivity contribution < 1.29 is 4.79 Å². The molecule has 85 valence electrons. The molecule has 0 aliphatic heterocycles. The van der Waals surface area contributed by atoms with E-state index in [4.69, 9.17) is 5.73 Å². The molecule has 1 radical (unpaired) electrons. The average Bonchev–Trinajstić information content (AvgIpc) is 2.38. The summed E-state index contributed by atoms with van der Waals surface area (Å²) in [5, 5.41) is 4.40. The number of carbonyl (C=O) groups excluding carboxylic acids is 1. The molecule has 17 heavy (non-hydrogen) atoms. The van der Waals surface area contributed by atoms with Crippen molar-refractivity contribution in [2.75, 3.05) is 0 Å². The third kappa shape index (κ3) is 2.84. The first-order valence-corrected chi connectivity index (χ1v) is 5.37. The van der Waals surface area contributed by atoms with Gasteiger partial charge in [0.25, 0.3) is 5.91 Å². The summed E-state index contributed by atoms with van der Waals surface area (Å²) in [6.07, 6.45) is 0. The summed E-state index contributed by atoms with van der Waals surface area (Å²) >= 11 is 0. The van der Waals surface area contributed by atoms with Crippen molar-refractivity contribution in [3.8, 4) is 0 Å². The Labute approximate surface area is 100 Å². The van der Waals surface area contributed by atoms with Crippen molar-refractivity contribution in [1.82, 2.24) is 5.32 Å². The number of amides is 1. The van der Waals surface area contributed by atoms with Gasteiger partial charge >= 0.3 is 0 Å². The number of nitrogens with two attached hydrogens (primary N) is 1. The lowest BCUT2D eigenvalue weighted by molar-refractivity contribution is 0.100. The van der Waals surface area contributed by atoms with Crippen molar-refractivity contribution in [1.29, 1.82) is 0 Å². The van der Waals surface area contributed by atoms with Gasteiger partial charge in [-0.2, -0.15) is 0 Å². The third-order valence-corrected chi connectivity index (χ3v) is 2.44. The predicted molar refractivity (Wildman–Crippen MR) is 66.9 cm³/mol. The van der Waals surface area contributed by atoms with Gasteiger partial charge in [0.15, 0.2) is 0 Å². The van der Waals surface area contributed by atoms with Gasteiger partial charge in [-0.05, 0) is 17.7 Å². The zero-order valence-electron chi connectivity index (χ0n) is 9.34. The van der Waals surface area contributed by atoms with E-state index in [2.05, 4.69) is 5.32 Å². The quantitative estimate of drug-likeness (QED) is 0.852. The number of primary amides is 1. The molecule has 0 aromatic heterocycles. The summed E-state index contributed by atoms with van der Waals surface area (Å²) in [5.41, 5.74) is 7.49. The molecule has 2 rings (SSSR count). The van der Waals surface area contributed by atoms with Gasteiger partial charge in [-0.25, -0.2) is 0 Å². The van der Waals surface area contributed by atoms with E-state index >= 15 is 0 Å². The Hall–Kier alpha value is -2.29. The summed E-state index contributed by atoms with van der Waals surface area (Å²) in [6.45, 7) is 0.547. The van der Waals surface area contributed by atoms with Crippen LogP contribution in [0, 0.1) is 0 Å². The van der Waals surface area contributed by atoms with Gasteiger partial charge in [-0.15, -0.1) is 0 Å². The van der Waals surface area contributed by atoms with E-state index in [0.29, 0.717) is 17.8 Å². The summed E-state index contributed by atoms with van der Waals surface area (Å²) in [7, 11) is 0. The van der Waals surface area contributed by atoms with Crippen LogP contribution in [0.4, 0.5) is 5.69 Å². The van der Waals surface area contributed by atoms with E-state index in [0.717, 1.165) is 5.56 Å². The number of nitrogens with zero attached hydrogens (tertiary/aromatic N) is 1. The number of benzene rings is 2. The fraction of sp³-hybridized carbons (Fsp3) is 0.0714. The number of hydrogen-bond acceptors (Lipinski definition) is 1. The van der Waals surface area contributed by atoms with Gasteiger partial charge in [0.2, 0.25) is 0 Å². The molecule has 1 amide bonds. The van der Waals surface area contributed by atoms with E-state index < -0.39 is 5.91 Å². The molecule has 0 unspecified atom stereocenters. The number of para-hydroxylation sites is 1. The lowest BCUT2D eigenvalue weighted by atomic mass is 10.1. The van der Waals surface area contributed by atoms with Crippen LogP contribution in [0.15, 0.2) is 54.6 Å². The highest BCUT2D eigenvalue weighted by Gasteiger charge is 2.07. The highest BCUT2D eigenvalue weighted by atomic mass is 16.1. The fourth-order valence-electron chi connectivity index (χ4n) is 1.58. The largest absolute Gasteiger partial charge is 0.366 e. The zero-order valence-corrected chi connectivity index (χ0v) is 9.34. The lowest BCUT2D eigenvalue weighted by Crippen LogP contribution is -2.13. The van der Waals surface area contributed by atoms with Gasteiger partial charge < -0.3 is 5.73 Å². The standard InChI is InChI=1S/C14H13N2O/c15-14(17)12-8-4-5-9-13(12)16-10-11-6-2-1-3-7-11/h1-9H,10H2,(H2,15,17). The highest BCUT2D eigenvalue weighted by Crippen LogP contribution is 2.15. The molecule has 0 heterocycles. The monoisotopic (exact) mass is 225 g/mol. The maximum atomic E-state index is 11.2. The van der Waals surface area contributed by atoms with Gasteiger partial charge in [-0.1, -0.05) is 42.5 Å². The molecular formula is C14H13N2O. The first-order chi connectivity index (χ1) is 8.27. The highest BCUT2D eigenvalue weighted by molar-refractivity contribution is 5.97. The van der Waals surface area contributed by atoms with Crippen LogP contribution < -0.4 is 11.1 Å². The molecule has 3 nitrogen and oxygen atoms in total. The van der Waals surface area contributed by atoms with Crippen molar-refractivity contribution in [2.45, 2.75) is 6.54 Å². The van der Waals surface area contributed by atoms with Crippen molar-refractivity contribution in [2.24, 2.45) is 5.73 Å². The Bertz CT molecular complexity index is 509. The molecule has 0 aliphatic rings. The first kappa shape index (κ1) is 11.2. The van der Waals surface area contributed by atoms with Crippen LogP contribution >= 0.6 is 0 Å². The molecule has 0 spiro atoms. The SMILES string of the molecule is NC(=O)c1ccccc1[N]Cc1ccccc1. The lowest BCUT2D eigenvalue weighted by Gasteiger charge is -2.06. The van der Waals surface area contributed by atoms with E-state index in [1.807, 2.05) is 36.4 Å². The van der Waals surface area contributed by atoms with E-state index in [1.54, 1.807) is 18.2 Å². The maximum absolute atomic E-state index is 11.2. The number of rotatable bonds is 4. The van der Waals surface area contributed by atoms with Gasteiger partial charge in [0, 0.05) is 0 Å². The number of carbonyl (C=O) groups is 1. The molecule has 2 N–H and O–H groups in total. The van der Waals surface area contributed by atoms with Crippen molar-refractivity contribution in [3.63, 3.8) is 0 Å². The van der Waals surface area contributed by atoms with Crippen LogP contribution in [0.5, 0.6) is 0 Å². The summed E-state index contributed by atoms with van der Waals surface area (Å²) in [4.78, 5) is 11.2. The molecule has 0 saturated carbocycles. The zero-order chi connectivity index (χ0) is 12.1. The van der Waals surface area contributed by atoms with Crippen molar-refractivity contribution in [3.05, 3.63) is 65.7 Å². The number of hydrogen-bond donors (Lipinski definition) is 1.